The van der Waals surface area contributed by atoms with Crippen molar-refractivity contribution in [2.24, 2.45) is 11.7 Å². The van der Waals surface area contributed by atoms with Crippen LogP contribution in [0.1, 0.15) is 11.1 Å². The van der Waals surface area contributed by atoms with Crippen molar-refractivity contribution >= 4 is 5.69 Å². The van der Waals surface area contributed by atoms with Crippen LogP contribution in [0.25, 0.3) is 0 Å². The second kappa shape index (κ2) is 6.34. The van der Waals surface area contributed by atoms with Gasteiger partial charge in [-0.3, -0.25) is 4.90 Å². The second-order valence-electron chi connectivity index (χ2n) is 6.47. The molecule has 0 aliphatic carbocycles. The van der Waals surface area contributed by atoms with Crippen LogP contribution in [0.5, 0.6) is 0 Å². The van der Waals surface area contributed by atoms with Crippen LogP contribution in [0.3, 0.4) is 0 Å². The first-order valence-corrected chi connectivity index (χ1v) is 8.02. The van der Waals surface area contributed by atoms with Gasteiger partial charge in [-0.1, -0.05) is 12.1 Å². The average Bonchev–Trinajstić information content (AvgIpc) is 2.88. The van der Waals surface area contributed by atoms with Crippen LogP contribution >= 0.6 is 0 Å². The molecule has 21 heavy (non-hydrogen) atoms. The van der Waals surface area contributed by atoms with Gasteiger partial charge in [0.2, 0.25) is 0 Å². The number of benzene rings is 1. The molecule has 0 saturated carbocycles. The van der Waals surface area contributed by atoms with Gasteiger partial charge < -0.3 is 15.4 Å². The van der Waals surface area contributed by atoms with Gasteiger partial charge in [0.05, 0.1) is 13.2 Å². The predicted octanol–water partition coefficient (Wildman–Crippen LogP) is 1.40. The van der Waals surface area contributed by atoms with Gasteiger partial charge in [-0.25, -0.2) is 0 Å². The molecule has 2 atom stereocenters. The number of nitrogens with two attached hydrogens (primary N) is 1. The van der Waals surface area contributed by atoms with Crippen molar-refractivity contribution in [2.45, 2.75) is 19.9 Å². The Hall–Kier alpha value is -1.10. The third-order valence-electron chi connectivity index (χ3n) is 5.03. The summed E-state index contributed by atoms with van der Waals surface area (Å²) < 4.78 is 5.47. The van der Waals surface area contributed by atoms with Crippen LogP contribution in [-0.4, -0.2) is 56.9 Å². The molecule has 2 heterocycles. The van der Waals surface area contributed by atoms with E-state index in [1.165, 1.54) is 16.8 Å². The number of ether oxygens (including phenoxy) is 1. The van der Waals surface area contributed by atoms with E-state index < -0.39 is 0 Å². The molecule has 1 aromatic carbocycles. The summed E-state index contributed by atoms with van der Waals surface area (Å²) in [5.41, 5.74) is 10.3. The van der Waals surface area contributed by atoms with Crippen LogP contribution in [-0.2, 0) is 4.74 Å². The summed E-state index contributed by atoms with van der Waals surface area (Å²) in [6.07, 6.45) is 0. The topological polar surface area (TPSA) is 41.7 Å². The molecule has 0 bridgehead atoms. The van der Waals surface area contributed by atoms with E-state index in [1.807, 2.05) is 0 Å². The summed E-state index contributed by atoms with van der Waals surface area (Å²) in [6, 6.07) is 6.83. The van der Waals surface area contributed by atoms with Gasteiger partial charge in [-0.15, -0.1) is 0 Å². The average molecular weight is 289 g/mol. The molecule has 2 saturated heterocycles. The first kappa shape index (κ1) is 14.8. The summed E-state index contributed by atoms with van der Waals surface area (Å²) in [5.74, 6) is 0.511. The summed E-state index contributed by atoms with van der Waals surface area (Å²) in [7, 11) is 0. The SMILES string of the molecule is Cc1cccc(N2CCN(CC3COCC3N)CC2)c1C. The minimum atomic E-state index is 0.224. The summed E-state index contributed by atoms with van der Waals surface area (Å²) in [4.78, 5) is 5.06. The van der Waals surface area contributed by atoms with Crippen molar-refractivity contribution in [1.82, 2.24) is 4.90 Å². The number of aryl methyl sites for hydroxylation is 1. The monoisotopic (exact) mass is 289 g/mol. The predicted molar refractivity (Wildman–Crippen MR) is 86.9 cm³/mol. The molecule has 4 nitrogen and oxygen atoms in total. The zero-order valence-electron chi connectivity index (χ0n) is 13.2. The van der Waals surface area contributed by atoms with Crippen molar-refractivity contribution in [3.8, 4) is 0 Å². The van der Waals surface area contributed by atoms with E-state index in [-0.39, 0.29) is 6.04 Å². The van der Waals surface area contributed by atoms with Gasteiger partial charge in [-0.05, 0) is 31.0 Å². The first-order valence-electron chi connectivity index (χ1n) is 8.02. The molecule has 2 unspecified atom stereocenters. The summed E-state index contributed by atoms with van der Waals surface area (Å²) in [6.45, 7) is 11.5. The van der Waals surface area contributed by atoms with Crippen molar-refractivity contribution in [3.63, 3.8) is 0 Å². The molecular weight excluding hydrogens is 262 g/mol. The maximum Gasteiger partial charge on any atom is 0.0621 e. The minimum Gasteiger partial charge on any atom is -0.379 e. The zero-order chi connectivity index (χ0) is 14.8. The van der Waals surface area contributed by atoms with Gasteiger partial charge in [0.1, 0.15) is 0 Å². The smallest absolute Gasteiger partial charge is 0.0621 e. The quantitative estimate of drug-likeness (QED) is 0.913. The molecule has 0 amide bonds. The van der Waals surface area contributed by atoms with Gasteiger partial charge in [-0.2, -0.15) is 0 Å². The highest BCUT2D eigenvalue weighted by atomic mass is 16.5. The summed E-state index contributed by atoms with van der Waals surface area (Å²) in [5, 5.41) is 0. The van der Waals surface area contributed by atoms with Gasteiger partial charge in [0, 0.05) is 50.4 Å². The third kappa shape index (κ3) is 3.23. The van der Waals surface area contributed by atoms with Gasteiger partial charge in [0.25, 0.3) is 0 Å². The normalized spacial score (nSPS) is 27.3. The highest BCUT2D eigenvalue weighted by Crippen LogP contribution is 2.24. The Balaban J connectivity index is 1.56. The van der Waals surface area contributed by atoms with Gasteiger partial charge in [0.15, 0.2) is 0 Å². The molecule has 2 aliphatic heterocycles. The van der Waals surface area contributed by atoms with E-state index in [1.54, 1.807) is 0 Å². The van der Waals surface area contributed by atoms with E-state index in [2.05, 4.69) is 41.8 Å². The van der Waals surface area contributed by atoms with Crippen LogP contribution in [0.15, 0.2) is 18.2 Å². The van der Waals surface area contributed by atoms with E-state index in [0.717, 1.165) is 45.9 Å². The Bertz CT molecular complexity index is 483. The van der Waals surface area contributed by atoms with E-state index in [0.29, 0.717) is 5.92 Å². The van der Waals surface area contributed by atoms with Crippen LogP contribution in [0.4, 0.5) is 5.69 Å². The maximum atomic E-state index is 6.09. The number of hydrogen-bond acceptors (Lipinski definition) is 4. The number of piperazine rings is 1. The van der Waals surface area contributed by atoms with Crippen molar-refractivity contribution in [3.05, 3.63) is 29.3 Å². The standard InChI is InChI=1S/C17H27N3O/c1-13-4-3-5-17(14(13)2)20-8-6-19(7-9-20)10-15-11-21-12-16(15)18/h3-5,15-16H,6-12,18H2,1-2H3. The van der Waals surface area contributed by atoms with Crippen molar-refractivity contribution < 1.29 is 4.74 Å². The first-order chi connectivity index (χ1) is 10.1. The largest absolute Gasteiger partial charge is 0.379 e. The number of hydrogen-bond donors (Lipinski definition) is 1. The highest BCUT2D eigenvalue weighted by Gasteiger charge is 2.28. The highest BCUT2D eigenvalue weighted by molar-refractivity contribution is 5.56. The lowest BCUT2D eigenvalue weighted by Gasteiger charge is -2.38. The summed E-state index contributed by atoms with van der Waals surface area (Å²) >= 11 is 0. The van der Waals surface area contributed by atoms with Crippen LogP contribution in [0.2, 0.25) is 0 Å². The van der Waals surface area contributed by atoms with E-state index in [9.17, 15) is 0 Å². The molecule has 0 spiro atoms. The molecule has 2 N–H and O–H groups in total. The molecule has 0 aromatic heterocycles. The molecule has 116 valence electrons. The molecule has 4 heteroatoms. The minimum absolute atomic E-state index is 0.224. The Morgan fingerprint density at radius 2 is 1.90 bits per heavy atom. The fraction of sp³-hybridized carbons (Fsp3) is 0.647. The fourth-order valence-electron chi connectivity index (χ4n) is 3.38. The van der Waals surface area contributed by atoms with Gasteiger partial charge >= 0.3 is 0 Å². The fourth-order valence-corrected chi connectivity index (χ4v) is 3.38. The Morgan fingerprint density at radius 1 is 1.14 bits per heavy atom. The second-order valence-corrected chi connectivity index (χ2v) is 6.47. The van der Waals surface area contributed by atoms with E-state index >= 15 is 0 Å². The van der Waals surface area contributed by atoms with Crippen molar-refractivity contribution in [1.29, 1.82) is 0 Å². The molecule has 3 rings (SSSR count). The maximum absolute atomic E-state index is 6.09. The van der Waals surface area contributed by atoms with Crippen LogP contribution < -0.4 is 10.6 Å². The van der Waals surface area contributed by atoms with Crippen LogP contribution in [0, 0.1) is 19.8 Å². The number of nitrogens with zero attached hydrogens (tertiary/aromatic N) is 2. The molecule has 1 aromatic rings. The Kier molecular flexibility index (Phi) is 4.48. The number of anilines is 1. The lowest BCUT2D eigenvalue weighted by atomic mass is 10.0. The zero-order valence-corrected chi connectivity index (χ0v) is 13.2. The lowest BCUT2D eigenvalue weighted by molar-refractivity contribution is 0.164. The van der Waals surface area contributed by atoms with E-state index in [4.69, 9.17) is 10.5 Å². The third-order valence-corrected chi connectivity index (χ3v) is 5.03. The molecule has 2 fully saturated rings. The Morgan fingerprint density at radius 3 is 2.57 bits per heavy atom. The molecule has 2 aliphatic rings. The number of rotatable bonds is 3. The van der Waals surface area contributed by atoms with Crippen molar-refractivity contribution in [2.75, 3.05) is 50.8 Å². The molecule has 0 radical (unpaired) electrons. The Labute approximate surface area is 127 Å². The molecular formula is C17H27N3O. The lowest BCUT2D eigenvalue weighted by Crippen LogP contribution is -2.49.